The zero-order valence-electron chi connectivity index (χ0n) is 12.5. The van der Waals surface area contributed by atoms with E-state index in [1.807, 2.05) is 0 Å². The van der Waals surface area contributed by atoms with Crippen LogP contribution in [0.15, 0.2) is 49.1 Å². The Kier molecular flexibility index (Phi) is 4.80. The Labute approximate surface area is 151 Å². The van der Waals surface area contributed by atoms with Crippen LogP contribution < -0.4 is 0 Å². The van der Waals surface area contributed by atoms with E-state index in [1.54, 1.807) is 0 Å². The van der Waals surface area contributed by atoms with Crippen LogP contribution >= 0.6 is 0 Å². The van der Waals surface area contributed by atoms with Crippen LogP contribution in [0.25, 0.3) is 0 Å². The minimum atomic E-state index is 0.913. The summed E-state index contributed by atoms with van der Waals surface area (Å²) in [6, 6.07) is 8.90. The molecule has 2 heterocycles. The van der Waals surface area contributed by atoms with Gasteiger partial charge in [-0.1, -0.05) is 0 Å². The molecule has 0 saturated heterocycles. The molecule has 4 nitrogen and oxygen atoms in total. The van der Waals surface area contributed by atoms with E-state index in [0.29, 0.717) is 0 Å². The molecule has 0 atom stereocenters. The molecule has 0 aliphatic heterocycles. The first-order valence-corrected chi connectivity index (χ1v) is 9.24. The molecule has 2 aromatic heterocycles. The summed E-state index contributed by atoms with van der Waals surface area (Å²) in [5.74, 6) is 0. The predicted octanol–water partition coefficient (Wildman–Crippen LogP) is 2.22. The van der Waals surface area contributed by atoms with E-state index in [1.165, 1.54) is 18.7 Å². The summed E-state index contributed by atoms with van der Waals surface area (Å²) in [4.78, 5) is 0. The van der Waals surface area contributed by atoms with Crippen molar-refractivity contribution >= 4 is 0 Å². The fourth-order valence-electron chi connectivity index (χ4n) is 2.36. The molecule has 122 valence electrons. The van der Waals surface area contributed by atoms with Crippen molar-refractivity contribution in [2.45, 2.75) is 13.1 Å². The van der Waals surface area contributed by atoms with Crippen molar-refractivity contribution in [3.8, 4) is 0 Å². The fourth-order valence-corrected chi connectivity index (χ4v) is 3.40. The fraction of sp³-hybridized carbons (Fsp3) is 0.250. The van der Waals surface area contributed by atoms with Crippen LogP contribution in [0.2, 0.25) is 0 Å². The molecule has 0 aliphatic carbocycles. The Morgan fingerprint density at radius 1 is 0.682 bits per heavy atom. The Bertz CT molecular complexity index is 818. The second-order valence-electron chi connectivity index (χ2n) is 5.37. The normalized spacial score (nSPS) is 11.2. The Hall–Kier alpha value is -0.983. The van der Waals surface area contributed by atoms with Gasteiger partial charge in [-0.2, -0.15) is 0 Å². The van der Waals surface area contributed by atoms with Crippen LogP contribution in [-0.4, -0.2) is 18.3 Å². The number of aromatic nitrogens is 4. The molecule has 0 radical (unpaired) electrons. The van der Waals surface area contributed by atoms with Gasteiger partial charge in [0.25, 0.3) is 0 Å². The second-order valence-corrected chi connectivity index (χ2v) is 7.41. The summed E-state index contributed by atoms with van der Waals surface area (Å²) in [6.07, 6.45) is 8.42. The molecule has 0 unspecified atom stereocenters. The van der Waals surface area contributed by atoms with Gasteiger partial charge < -0.3 is 0 Å². The van der Waals surface area contributed by atoms with E-state index in [4.69, 9.17) is 0 Å². The van der Waals surface area contributed by atoms with Gasteiger partial charge in [0.05, 0.1) is 0 Å². The van der Waals surface area contributed by atoms with Gasteiger partial charge in [-0.3, -0.25) is 0 Å². The molecule has 0 fully saturated rings. The SMILES string of the molecule is Cn1ccn(Cc2ccc(Cn3ccn(C)[c]3=[Pt])cc2)[c]1=[Pt]. The van der Waals surface area contributed by atoms with Crippen molar-refractivity contribution in [2.24, 2.45) is 14.1 Å². The molecule has 22 heavy (non-hydrogen) atoms. The summed E-state index contributed by atoms with van der Waals surface area (Å²) in [7, 11) is 4.14. The van der Waals surface area contributed by atoms with Crippen molar-refractivity contribution in [3.63, 3.8) is 0 Å². The summed E-state index contributed by atoms with van der Waals surface area (Å²) in [5, 5.41) is 0. The molecule has 1 aromatic carbocycles. The van der Waals surface area contributed by atoms with Gasteiger partial charge in [0.1, 0.15) is 0 Å². The van der Waals surface area contributed by atoms with Crippen molar-refractivity contribution in [1.82, 2.24) is 18.3 Å². The third-order valence-electron chi connectivity index (χ3n) is 3.65. The van der Waals surface area contributed by atoms with Gasteiger partial charge in [-0.15, -0.1) is 0 Å². The third kappa shape index (κ3) is 3.34. The van der Waals surface area contributed by atoms with E-state index < -0.39 is 0 Å². The molecule has 0 saturated carbocycles. The van der Waals surface area contributed by atoms with Gasteiger partial charge in [0, 0.05) is 0 Å². The summed E-state index contributed by atoms with van der Waals surface area (Å²) >= 11 is 4.71. The number of benzene rings is 1. The molecular formula is C16H18N4Pt2. The van der Waals surface area contributed by atoms with Crippen LogP contribution in [0, 0.1) is 7.61 Å². The monoisotopic (exact) mass is 656 g/mol. The van der Waals surface area contributed by atoms with Crippen LogP contribution in [0.3, 0.4) is 0 Å². The van der Waals surface area contributed by atoms with Gasteiger partial charge in [0.15, 0.2) is 0 Å². The second kappa shape index (κ2) is 6.64. The first-order valence-electron chi connectivity index (χ1n) is 6.97. The standard InChI is InChI=1S/C16H18N4.2Pt/c1-17-7-9-19(13-17)11-15-3-5-16(6-4-15)12-20-10-8-18(2)14-20;;/h3-10H,11-12H2,1-2H3;;. The molecule has 0 spiro atoms. The molecule has 0 aliphatic rings. The van der Waals surface area contributed by atoms with Crippen LogP contribution in [0.1, 0.15) is 11.1 Å². The molecule has 6 heteroatoms. The Balaban J connectivity index is 1.75. The number of aryl methyl sites for hydroxylation is 2. The van der Waals surface area contributed by atoms with Gasteiger partial charge in [0.2, 0.25) is 0 Å². The summed E-state index contributed by atoms with van der Waals surface area (Å²) in [6.45, 7) is 1.83. The molecule has 3 aromatic rings. The summed E-state index contributed by atoms with van der Waals surface area (Å²) < 4.78 is 11.2. The predicted molar refractivity (Wildman–Crippen MR) is 77.9 cm³/mol. The van der Waals surface area contributed by atoms with Gasteiger partial charge >= 0.3 is 152 Å². The van der Waals surface area contributed by atoms with E-state index in [0.717, 1.165) is 13.1 Å². The Morgan fingerprint density at radius 3 is 1.32 bits per heavy atom. The maximum atomic E-state index is 2.36. The van der Waals surface area contributed by atoms with E-state index >= 15 is 0 Å². The average Bonchev–Trinajstić information content (AvgIpc) is 3.00. The van der Waals surface area contributed by atoms with E-state index in [2.05, 4.69) is 120 Å². The first-order chi connectivity index (χ1) is 10.5. The number of nitrogens with zero attached hydrogens (tertiary/aromatic N) is 4. The molecule has 0 bridgehead atoms. The van der Waals surface area contributed by atoms with Crippen LogP contribution in [-0.2, 0) is 65.9 Å². The molecule has 0 amide bonds. The van der Waals surface area contributed by atoms with Crippen LogP contribution in [0.4, 0.5) is 0 Å². The zero-order valence-corrected chi connectivity index (χ0v) is 17.0. The average molecular weight is 657 g/mol. The molecular weight excluding hydrogens is 638 g/mol. The number of hydrogen-bond donors (Lipinski definition) is 0. The number of hydrogen-bond acceptors (Lipinski definition) is 0. The third-order valence-corrected chi connectivity index (χ3v) is 6.55. The number of rotatable bonds is 4. The Morgan fingerprint density at radius 2 is 1.05 bits per heavy atom. The topological polar surface area (TPSA) is 19.7 Å². The quantitative estimate of drug-likeness (QED) is 0.411. The van der Waals surface area contributed by atoms with Gasteiger partial charge in [-0.25, -0.2) is 0 Å². The number of imidazole rings is 2. The summed E-state index contributed by atoms with van der Waals surface area (Å²) in [5.41, 5.74) is 2.65. The first kappa shape index (κ1) is 15.9. The molecule has 0 N–H and O–H groups in total. The molecule has 3 rings (SSSR count). The van der Waals surface area contributed by atoms with E-state index in [-0.39, 0.29) is 0 Å². The van der Waals surface area contributed by atoms with Crippen molar-refractivity contribution < 1.29 is 38.7 Å². The van der Waals surface area contributed by atoms with Gasteiger partial charge in [-0.05, 0) is 0 Å². The zero-order chi connectivity index (χ0) is 15.7. The van der Waals surface area contributed by atoms with Crippen molar-refractivity contribution in [2.75, 3.05) is 0 Å². The van der Waals surface area contributed by atoms with E-state index in [9.17, 15) is 0 Å². The van der Waals surface area contributed by atoms with Crippen LogP contribution in [0.5, 0.6) is 0 Å². The van der Waals surface area contributed by atoms with Crippen molar-refractivity contribution in [3.05, 3.63) is 67.8 Å². The minimum absolute atomic E-state index is 0.913. The maximum absolute atomic E-state index is 2.36. The van der Waals surface area contributed by atoms with Crippen molar-refractivity contribution in [1.29, 1.82) is 0 Å².